The third-order valence-electron chi connectivity index (χ3n) is 5.00. The monoisotopic (exact) mass is 283 g/mol. The standard InChI is InChI=1S/C16H29NO3/c1-16(2)8-4-3-5-14(16)15(19)17-9-6-13(7-10-17)20-12-11-18/h13-14,18H,3-12H2,1-2H3. The second-order valence-corrected chi connectivity index (χ2v) is 6.91. The van der Waals surface area contributed by atoms with Gasteiger partial charge in [0.15, 0.2) is 0 Å². The quantitative estimate of drug-likeness (QED) is 0.860. The van der Waals surface area contributed by atoms with Crippen LogP contribution in [-0.4, -0.2) is 48.3 Å². The van der Waals surface area contributed by atoms with Gasteiger partial charge in [0.1, 0.15) is 0 Å². The van der Waals surface area contributed by atoms with Crippen molar-refractivity contribution in [1.82, 2.24) is 4.90 Å². The molecule has 2 rings (SSSR count). The minimum atomic E-state index is 0.0788. The van der Waals surface area contributed by atoms with Gasteiger partial charge < -0.3 is 14.7 Å². The third-order valence-corrected chi connectivity index (χ3v) is 5.00. The lowest BCUT2D eigenvalue weighted by Gasteiger charge is -2.42. The summed E-state index contributed by atoms with van der Waals surface area (Å²) in [4.78, 5) is 14.8. The van der Waals surface area contributed by atoms with Crippen molar-refractivity contribution in [3.8, 4) is 0 Å². The van der Waals surface area contributed by atoms with E-state index in [0.717, 1.165) is 32.4 Å². The lowest BCUT2D eigenvalue weighted by Crippen LogP contribution is -2.47. The Hall–Kier alpha value is -0.610. The van der Waals surface area contributed by atoms with E-state index in [1.54, 1.807) is 0 Å². The molecule has 0 radical (unpaired) electrons. The average molecular weight is 283 g/mol. The normalized spacial score (nSPS) is 27.6. The molecule has 1 heterocycles. The van der Waals surface area contributed by atoms with E-state index >= 15 is 0 Å². The Labute approximate surface area is 122 Å². The Morgan fingerprint density at radius 3 is 2.55 bits per heavy atom. The van der Waals surface area contributed by atoms with E-state index in [4.69, 9.17) is 9.84 Å². The van der Waals surface area contributed by atoms with Gasteiger partial charge in [0.2, 0.25) is 5.91 Å². The van der Waals surface area contributed by atoms with Crippen molar-refractivity contribution < 1.29 is 14.6 Å². The molecule has 0 aromatic heterocycles. The molecule has 1 aliphatic heterocycles. The maximum absolute atomic E-state index is 12.7. The molecule has 4 nitrogen and oxygen atoms in total. The molecule has 2 fully saturated rings. The van der Waals surface area contributed by atoms with Gasteiger partial charge in [-0.05, 0) is 31.1 Å². The highest BCUT2D eigenvalue weighted by Crippen LogP contribution is 2.41. The highest BCUT2D eigenvalue weighted by atomic mass is 16.5. The number of rotatable bonds is 4. The number of carbonyl (C=O) groups is 1. The Kier molecular flexibility index (Phi) is 5.44. The van der Waals surface area contributed by atoms with E-state index in [-0.39, 0.29) is 24.0 Å². The first-order chi connectivity index (χ1) is 9.54. The van der Waals surface area contributed by atoms with Crippen LogP contribution in [-0.2, 0) is 9.53 Å². The van der Waals surface area contributed by atoms with Crippen LogP contribution in [0, 0.1) is 11.3 Å². The molecule has 1 N–H and O–H groups in total. The van der Waals surface area contributed by atoms with Crippen LogP contribution in [0.5, 0.6) is 0 Å². The van der Waals surface area contributed by atoms with Gasteiger partial charge >= 0.3 is 0 Å². The van der Waals surface area contributed by atoms with Gasteiger partial charge in [0, 0.05) is 19.0 Å². The van der Waals surface area contributed by atoms with Crippen LogP contribution >= 0.6 is 0 Å². The zero-order valence-corrected chi connectivity index (χ0v) is 12.9. The highest BCUT2D eigenvalue weighted by Gasteiger charge is 2.39. The van der Waals surface area contributed by atoms with E-state index in [1.807, 2.05) is 4.90 Å². The third kappa shape index (κ3) is 3.73. The number of aliphatic hydroxyl groups excluding tert-OH is 1. The average Bonchev–Trinajstić information content (AvgIpc) is 2.44. The summed E-state index contributed by atoms with van der Waals surface area (Å²) >= 11 is 0. The highest BCUT2D eigenvalue weighted by molar-refractivity contribution is 5.79. The van der Waals surface area contributed by atoms with E-state index in [1.165, 1.54) is 19.3 Å². The molecule has 20 heavy (non-hydrogen) atoms. The number of carbonyl (C=O) groups excluding carboxylic acids is 1. The molecular formula is C16H29NO3. The molecule has 4 heteroatoms. The summed E-state index contributed by atoms with van der Waals surface area (Å²) in [6.07, 6.45) is 6.68. The number of aliphatic hydroxyl groups is 1. The molecular weight excluding hydrogens is 254 g/mol. The first-order valence-electron chi connectivity index (χ1n) is 8.06. The Balaban J connectivity index is 1.85. The fourth-order valence-corrected chi connectivity index (χ4v) is 3.63. The van der Waals surface area contributed by atoms with Crippen molar-refractivity contribution >= 4 is 5.91 Å². The molecule has 1 saturated heterocycles. The van der Waals surface area contributed by atoms with Gasteiger partial charge in [-0.15, -0.1) is 0 Å². The molecule has 2 aliphatic rings. The summed E-state index contributed by atoms with van der Waals surface area (Å²) in [6, 6.07) is 0. The molecule has 1 saturated carbocycles. The second-order valence-electron chi connectivity index (χ2n) is 6.91. The number of hydrogen-bond donors (Lipinski definition) is 1. The minimum Gasteiger partial charge on any atom is -0.394 e. The molecule has 1 amide bonds. The molecule has 0 bridgehead atoms. The lowest BCUT2D eigenvalue weighted by molar-refractivity contribution is -0.144. The largest absolute Gasteiger partial charge is 0.394 e. The predicted molar refractivity (Wildman–Crippen MR) is 78.4 cm³/mol. The zero-order valence-electron chi connectivity index (χ0n) is 12.9. The Morgan fingerprint density at radius 1 is 1.25 bits per heavy atom. The van der Waals surface area contributed by atoms with Gasteiger partial charge in [-0.1, -0.05) is 26.7 Å². The van der Waals surface area contributed by atoms with Gasteiger partial charge in [-0.3, -0.25) is 4.79 Å². The van der Waals surface area contributed by atoms with Crippen LogP contribution in [0.1, 0.15) is 52.4 Å². The minimum absolute atomic E-state index is 0.0788. The summed E-state index contributed by atoms with van der Waals surface area (Å²) in [5.74, 6) is 0.557. The Bertz CT molecular complexity index is 322. The number of piperidine rings is 1. The number of hydrogen-bond acceptors (Lipinski definition) is 3. The molecule has 1 atom stereocenters. The SMILES string of the molecule is CC1(C)CCCCC1C(=O)N1CCC(OCCO)CC1. The van der Waals surface area contributed by atoms with Gasteiger partial charge in [-0.25, -0.2) is 0 Å². The van der Waals surface area contributed by atoms with Crippen LogP contribution in [0.25, 0.3) is 0 Å². The van der Waals surface area contributed by atoms with Crippen molar-refractivity contribution in [2.45, 2.75) is 58.5 Å². The smallest absolute Gasteiger partial charge is 0.226 e. The second kappa shape index (κ2) is 6.90. The number of amides is 1. The molecule has 0 aromatic carbocycles. The van der Waals surface area contributed by atoms with E-state index < -0.39 is 0 Å². The molecule has 0 spiro atoms. The van der Waals surface area contributed by atoms with Crippen molar-refractivity contribution in [2.24, 2.45) is 11.3 Å². The number of likely N-dealkylation sites (tertiary alicyclic amines) is 1. The first kappa shape index (κ1) is 15.8. The summed E-state index contributed by atoms with van der Waals surface area (Å²) in [5, 5.41) is 8.78. The summed E-state index contributed by atoms with van der Waals surface area (Å²) in [5.41, 5.74) is 0.152. The number of nitrogens with zero attached hydrogens (tertiary/aromatic N) is 1. The van der Waals surface area contributed by atoms with Crippen molar-refractivity contribution in [3.05, 3.63) is 0 Å². The summed E-state index contributed by atoms with van der Waals surface area (Å²) in [7, 11) is 0. The maximum atomic E-state index is 12.7. The van der Waals surface area contributed by atoms with Crippen LogP contribution in [0.15, 0.2) is 0 Å². The van der Waals surface area contributed by atoms with Crippen LogP contribution in [0.2, 0.25) is 0 Å². The lowest BCUT2D eigenvalue weighted by atomic mass is 9.68. The van der Waals surface area contributed by atoms with Gasteiger partial charge in [-0.2, -0.15) is 0 Å². The zero-order chi connectivity index (χ0) is 14.6. The topological polar surface area (TPSA) is 49.8 Å². The molecule has 1 unspecified atom stereocenters. The van der Waals surface area contributed by atoms with E-state index in [0.29, 0.717) is 12.5 Å². The predicted octanol–water partition coefficient (Wildman–Crippen LogP) is 2.20. The first-order valence-corrected chi connectivity index (χ1v) is 8.06. The van der Waals surface area contributed by atoms with Gasteiger partial charge in [0.25, 0.3) is 0 Å². The van der Waals surface area contributed by atoms with Crippen LogP contribution in [0.3, 0.4) is 0 Å². The molecule has 116 valence electrons. The van der Waals surface area contributed by atoms with Gasteiger partial charge in [0.05, 0.1) is 19.3 Å². The van der Waals surface area contributed by atoms with E-state index in [9.17, 15) is 4.79 Å². The molecule has 1 aliphatic carbocycles. The summed E-state index contributed by atoms with van der Waals surface area (Å²) < 4.78 is 5.56. The Morgan fingerprint density at radius 2 is 1.95 bits per heavy atom. The number of ether oxygens (including phenoxy) is 1. The van der Waals surface area contributed by atoms with Crippen molar-refractivity contribution in [3.63, 3.8) is 0 Å². The van der Waals surface area contributed by atoms with Crippen LogP contribution in [0.4, 0.5) is 0 Å². The summed E-state index contributed by atoms with van der Waals surface area (Å²) in [6.45, 7) is 6.59. The van der Waals surface area contributed by atoms with Crippen molar-refractivity contribution in [1.29, 1.82) is 0 Å². The van der Waals surface area contributed by atoms with Crippen molar-refractivity contribution in [2.75, 3.05) is 26.3 Å². The fourth-order valence-electron chi connectivity index (χ4n) is 3.63. The van der Waals surface area contributed by atoms with E-state index in [2.05, 4.69) is 13.8 Å². The molecule has 0 aromatic rings. The fraction of sp³-hybridized carbons (Fsp3) is 0.938. The maximum Gasteiger partial charge on any atom is 0.226 e. The van der Waals surface area contributed by atoms with Crippen LogP contribution < -0.4 is 0 Å².